The molecule has 1 aromatic heterocycles. The zero-order chi connectivity index (χ0) is 17.5. The van der Waals surface area contributed by atoms with Crippen molar-refractivity contribution < 1.29 is 5.11 Å². The molecule has 1 heterocycles. The van der Waals surface area contributed by atoms with Gasteiger partial charge in [-0.1, -0.05) is 44.5 Å². The van der Waals surface area contributed by atoms with E-state index in [0.29, 0.717) is 22.6 Å². The first-order valence-corrected chi connectivity index (χ1v) is 8.17. The van der Waals surface area contributed by atoms with Gasteiger partial charge < -0.3 is 5.11 Å². The van der Waals surface area contributed by atoms with Gasteiger partial charge >= 0.3 is 0 Å². The standard InChI is InChI=1S/C19H20ClN3O/c1-5-6-12-9-14(19(2,3)4)18(24)17(10-12)23-21-15-8-7-13(20)11-16(15)22-23/h5,7-11,24H,1,6H2,2-4H3. The fourth-order valence-electron chi connectivity index (χ4n) is 2.68. The SMILES string of the molecule is C=CCc1cc(-n2nc3ccc(Cl)cc3n2)c(O)c(C(C)(C)C)c1. The third-order valence-electron chi connectivity index (χ3n) is 3.90. The summed E-state index contributed by atoms with van der Waals surface area (Å²) in [6.45, 7) is 10.00. The molecular formula is C19H20ClN3O. The Kier molecular flexibility index (Phi) is 4.10. The Labute approximate surface area is 146 Å². The fourth-order valence-corrected chi connectivity index (χ4v) is 2.85. The Morgan fingerprint density at radius 3 is 2.54 bits per heavy atom. The topological polar surface area (TPSA) is 50.9 Å². The van der Waals surface area contributed by atoms with Gasteiger partial charge in [0.2, 0.25) is 0 Å². The van der Waals surface area contributed by atoms with Crippen molar-refractivity contribution in [2.75, 3.05) is 0 Å². The maximum absolute atomic E-state index is 10.8. The number of hydrogen-bond acceptors (Lipinski definition) is 3. The number of fused-ring (bicyclic) bond motifs is 1. The smallest absolute Gasteiger partial charge is 0.146 e. The van der Waals surface area contributed by atoms with Gasteiger partial charge in [0.15, 0.2) is 0 Å². The Balaban J connectivity index is 2.24. The number of phenolic OH excluding ortho intramolecular Hbond substituents is 1. The number of hydrogen-bond donors (Lipinski definition) is 1. The summed E-state index contributed by atoms with van der Waals surface area (Å²) in [5.41, 5.74) is 3.69. The number of phenols is 1. The van der Waals surface area contributed by atoms with E-state index in [-0.39, 0.29) is 11.2 Å². The van der Waals surface area contributed by atoms with E-state index in [0.717, 1.165) is 16.6 Å². The molecule has 0 aliphatic rings. The molecule has 0 aliphatic carbocycles. The number of allylic oxidation sites excluding steroid dienone is 1. The average molecular weight is 342 g/mol. The zero-order valence-corrected chi connectivity index (χ0v) is 14.8. The van der Waals surface area contributed by atoms with Crippen molar-refractivity contribution in [3.8, 4) is 11.4 Å². The molecule has 24 heavy (non-hydrogen) atoms. The van der Waals surface area contributed by atoms with Crippen molar-refractivity contribution in [1.29, 1.82) is 0 Å². The molecule has 0 unspecified atom stereocenters. The van der Waals surface area contributed by atoms with Crippen LogP contribution in [-0.2, 0) is 11.8 Å². The number of aromatic nitrogens is 3. The third-order valence-corrected chi connectivity index (χ3v) is 4.13. The number of nitrogens with zero attached hydrogens (tertiary/aromatic N) is 3. The van der Waals surface area contributed by atoms with Crippen molar-refractivity contribution >= 4 is 22.6 Å². The van der Waals surface area contributed by atoms with Gasteiger partial charge in [-0.3, -0.25) is 0 Å². The molecule has 5 heteroatoms. The molecular weight excluding hydrogens is 322 g/mol. The minimum atomic E-state index is -0.202. The van der Waals surface area contributed by atoms with E-state index in [1.807, 2.05) is 24.3 Å². The third kappa shape index (κ3) is 3.02. The highest BCUT2D eigenvalue weighted by atomic mass is 35.5. The molecule has 0 bridgehead atoms. The lowest BCUT2D eigenvalue weighted by Gasteiger charge is -2.22. The van der Waals surface area contributed by atoms with Crippen molar-refractivity contribution in [3.05, 3.63) is 59.1 Å². The lowest BCUT2D eigenvalue weighted by atomic mass is 9.84. The van der Waals surface area contributed by atoms with Gasteiger partial charge in [0.05, 0.1) is 0 Å². The second kappa shape index (κ2) is 5.95. The summed E-state index contributed by atoms with van der Waals surface area (Å²) in [5, 5.41) is 20.3. The van der Waals surface area contributed by atoms with Crippen LogP contribution in [0.25, 0.3) is 16.7 Å². The molecule has 0 spiro atoms. The van der Waals surface area contributed by atoms with Gasteiger partial charge in [0, 0.05) is 10.6 Å². The highest BCUT2D eigenvalue weighted by molar-refractivity contribution is 6.31. The van der Waals surface area contributed by atoms with Crippen LogP contribution in [0.1, 0.15) is 31.9 Å². The van der Waals surface area contributed by atoms with E-state index in [9.17, 15) is 5.11 Å². The molecule has 1 N–H and O–H groups in total. The molecule has 0 radical (unpaired) electrons. The summed E-state index contributed by atoms with van der Waals surface area (Å²) in [7, 11) is 0. The minimum absolute atomic E-state index is 0.196. The highest BCUT2D eigenvalue weighted by Crippen LogP contribution is 2.36. The number of rotatable bonds is 3. The van der Waals surface area contributed by atoms with Gasteiger partial charge in [-0.15, -0.1) is 21.6 Å². The second-order valence-corrected chi connectivity index (χ2v) is 7.31. The molecule has 124 valence electrons. The normalized spacial score (nSPS) is 11.8. The Morgan fingerprint density at radius 1 is 1.17 bits per heavy atom. The maximum Gasteiger partial charge on any atom is 0.146 e. The van der Waals surface area contributed by atoms with E-state index in [1.54, 1.807) is 12.1 Å². The van der Waals surface area contributed by atoms with Gasteiger partial charge in [-0.2, -0.15) is 0 Å². The van der Waals surface area contributed by atoms with Crippen molar-refractivity contribution in [2.45, 2.75) is 32.6 Å². The molecule has 0 amide bonds. The van der Waals surface area contributed by atoms with Crippen LogP contribution in [0.3, 0.4) is 0 Å². The summed E-state index contributed by atoms with van der Waals surface area (Å²) < 4.78 is 0. The summed E-state index contributed by atoms with van der Waals surface area (Å²) in [5.74, 6) is 0.196. The summed E-state index contributed by atoms with van der Waals surface area (Å²) in [6, 6.07) is 9.26. The molecule has 0 saturated carbocycles. The van der Waals surface area contributed by atoms with E-state index >= 15 is 0 Å². The van der Waals surface area contributed by atoms with E-state index in [1.165, 1.54) is 4.80 Å². The van der Waals surface area contributed by atoms with Crippen LogP contribution in [0.15, 0.2) is 43.0 Å². The Morgan fingerprint density at radius 2 is 1.88 bits per heavy atom. The number of benzene rings is 2. The van der Waals surface area contributed by atoms with Crippen LogP contribution in [0.4, 0.5) is 0 Å². The quantitative estimate of drug-likeness (QED) is 0.696. The minimum Gasteiger partial charge on any atom is -0.505 e. The van der Waals surface area contributed by atoms with Gasteiger partial charge in [0.25, 0.3) is 0 Å². The molecule has 0 saturated heterocycles. The van der Waals surface area contributed by atoms with Crippen molar-refractivity contribution in [3.63, 3.8) is 0 Å². The van der Waals surface area contributed by atoms with E-state index in [4.69, 9.17) is 11.6 Å². The average Bonchev–Trinajstić information content (AvgIpc) is 2.90. The molecule has 2 aromatic carbocycles. The molecule has 3 aromatic rings. The van der Waals surface area contributed by atoms with Gasteiger partial charge in [-0.25, -0.2) is 0 Å². The monoisotopic (exact) mass is 341 g/mol. The first-order chi connectivity index (χ1) is 11.3. The first-order valence-electron chi connectivity index (χ1n) is 7.80. The van der Waals surface area contributed by atoms with Crippen LogP contribution in [0, 0.1) is 0 Å². The lowest BCUT2D eigenvalue weighted by molar-refractivity contribution is 0.440. The largest absolute Gasteiger partial charge is 0.505 e. The molecule has 3 rings (SSSR count). The Bertz CT molecular complexity index is 922. The number of halogens is 1. The fraction of sp³-hybridized carbons (Fsp3) is 0.263. The van der Waals surface area contributed by atoms with Gasteiger partial charge in [-0.05, 0) is 41.7 Å². The van der Waals surface area contributed by atoms with Crippen molar-refractivity contribution in [2.24, 2.45) is 0 Å². The second-order valence-electron chi connectivity index (χ2n) is 6.88. The molecule has 0 aliphatic heterocycles. The molecule has 0 fully saturated rings. The summed E-state index contributed by atoms with van der Waals surface area (Å²) >= 11 is 6.02. The van der Waals surface area contributed by atoms with Gasteiger partial charge in [0.1, 0.15) is 22.5 Å². The van der Waals surface area contributed by atoms with Crippen LogP contribution >= 0.6 is 11.6 Å². The highest BCUT2D eigenvalue weighted by Gasteiger charge is 2.23. The predicted octanol–water partition coefficient (Wildman–Crippen LogP) is 4.81. The summed E-state index contributed by atoms with van der Waals surface area (Å²) in [6.07, 6.45) is 2.55. The van der Waals surface area contributed by atoms with E-state index in [2.05, 4.69) is 37.5 Å². The van der Waals surface area contributed by atoms with Crippen LogP contribution in [-0.4, -0.2) is 20.1 Å². The predicted molar refractivity (Wildman–Crippen MR) is 98.1 cm³/mol. The van der Waals surface area contributed by atoms with Crippen molar-refractivity contribution in [1.82, 2.24) is 15.0 Å². The van der Waals surface area contributed by atoms with Crippen LogP contribution in [0.5, 0.6) is 5.75 Å². The first kappa shape index (κ1) is 16.5. The zero-order valence-electron chi connectivity index (χ0n) is 14.0. The summed E-state index contributed by atoms with van der Waals surface area (Å²) in [4.78, 5) is 1.47. The number of aromatic hydroxyl groups is 1. The molecule has 0 atom stereocenters. The lowest BCUT2D eigenvalue weighted by Crippen LogP contribution is -2.14. The van der Waals surface area contributed by atoms with E-state index < -0.39 is 0 Å². The van der Waals surface area contributed by atoms with Crippen LogP contribution < -0.4 is 0 Å². The molecule has 4 nitrogen and oxygen atoms in total. The Hall–Kier alpha value is -2.33. The maximum atomic E-state index is 10.8. The van der Waals surface area contributed by atoms with Crippen LogP contribution in [0.2, 0.25) is 5.02 Å².